The van der Waals surface area contributed by atoms with Crippen molar-refractivity contribution in [3.8, 4) is 5.75 Å². The smallest absolute Gasteiger partial charge is 0.318 e. The number of rotatable bonds is 7. The van der Waals surface area contributed by atoms with E-state index < -0.39 is 22.5 Å². The molecule has 0 saturated heterocycles. The van der Waals surface area contributed by atoms with Crippen LogP contribution in [0.2, 0.25) is 0 Å². The van der Waals surface area contributed by atoms with Crippen LogP contribution in [0.4, 0.5) is 0 Å². The molecule has 0 atom stereocenters. The maximum Gasteiger partial charge on any atom is 0.318 e. The summed E-state index contributed by atoms with van der Waals surface area (Å²) in [7, 11) is -2.61. The van der Waals surface area contributed by atoms with Crippen LogP contribution in [0.1, 0.15) is 5.56 Å². The van der Waals surface area contributed by atoms with E-state index in [1.54, 1.807) is 13.0 Å². The molecular formula is C13H17NO5S. The average Bonchev–Trinajstić information content (AvgIpc) is 2.37. The van der Waals surface area contributed by atoms with Crippen LogP contribution >= 0.6 is 0 Å². The molecule has 0 bridgehead atoms. The Kier molecular flexibility index (Phi) is 5.29. The number of hydrogen-bond acceptors (Lipinski definition) is 4. The van der Waals surface area contributed by atoms with Crippen LogP contribution in [0.3, 0.4) is 0 Å². The third-order valence-corrected chi connectivity index (χ3v) is 4.41. The van der Waals surface area contributed by atoms with Crippen molar-refractivity contribution >= 4 is 16.0 Å². The molecule has 20 heavy (non-hydrogen) atoms. The molecule has 0 aliphatic heterocycles. The Morgan fingerprint density at radius 3 is 2.65 bits per heavy atom. The highest BCUT2D eigenvalue weighted by atomic mass is 32.2. The Balaban J connectivity index is 3.35. The lowest BCUT2D eigenvalue weighted by molar-refractivity contribution is -0.137. The molecule has 0 spiro atoms. The molecule has 0 unspecified atom stereocenters. The summed E-state index contributed by atoms with van der Waals surface area (Å²) in [6.45, 7) is 4.46. The second-order valence-electron chi connectivity index (χ2n) is 4.13. The first kappa shape index (κ1) is 16.2. The van der Waals surface area contributed by atoms with Gasteiger partial charge in [-0.2, -0.15) is 4.31 Å². The first-order valence-corrected chi connectivity index (χ1v) is 7.24. The zero-order chi connectivity index (χ0) is 15.3. The van der Waals surface area contributed by atoms with Gasteiger partial charge in [-0.25, -0.2) is 8.42 Å². The van der Waals surface area contributed by atoms with Crippen molar-refractivity contribution in [2.45, 2.75) is 11.8 Å². The summed E-state index contributed by atoms with van der Waals surface area (Å²) >= 11 is 0. The van der Waals surface area contributed by atoms with Gasteiger partial charge in [0.2, 0.25) is 10.0 Å². The van der Waals surface area contributed by atoms with Crippen molar-refractivity contribution in [1.82, 2.24) is 4.31 Å². The predicted octanol–water partition coefficient (Wildman–Crippen LogP) is 1.26. The number of carbonyl (C=O) groups is 1. The number of aryl methyl sites for hydroxylation is 1. The van der Waals surface area contributed by atoms with E-state index in [0.29, 0.717) is 0 Å². The topological polar surface area (TPSA) is 83.9 Å². The van der Waals surface area contributed by atoms with Gasteiger partial charge in [-0.3, -0.25) is 4.79 Å². The maximum atomic E-state index is 12.5. The number of ether oxygens (including phenoxy) is 1. The SMILES string of the molecule is C=CCN(CC(=O)O)S(=O)(=O)c1cc(C)ccc1OC. The van der Waals surface area contributed by atoms with Crippen molar-refractivity contribution in [2.24, 2.45) is 0 Å². The minimum absolute atomic E-state index is 0.0527. The fraction of sp³-hybridized carbons (Fsp3) is 0.308. The minimum atomic E-state index is -3.97. The number of benzene rings is 1. The summed E-state index contributed by atoms with van der Waals surface area (Å²) < 4.78 is 30.9. The second kappa shape index (κ2) is 6.53. The van der Waals surface area contributed by atoms with E-state index in [0.717, 1.165) is 9.87 Å². The molecule has 1 N–H and O–H groups in total. The minimum Gasteiger partial charge on any atom is -0.495 e. The van der Waals surface area contributed by atoms with Crippen LogP contribution < -0.4 is 4.74 Å². The van der Waals surface area contributed by atoms with Crippen molar-refractivity contribution < 1.29 is 23.1 Å². The molecule has 0 saturated carbocycles. The van der Waals surface area contributed by atoms with Gasteiger partial charge in [0.05, 0.1) is 7.11 Å². The highest BCUT2D eigenvalue weighted by molar-refractivity contribution is 7.89. The molecule has 0 amide bonds. The quantitative estimate of drug-likeness (QED) is 0.766. The summed E-state index contributed by atoms with van der Waals surface area (Å²) in [5.74, 6) is -1.06. The third kappa shape index (κ3) is 3.58. The van der Waals surface area contributed by atoms with E-state index in [2.05, 4.69) is 6.58 Å². The first-order valence-electron chi connectivity index (χ1n) is 5.80. The number of carboxylic acids is 1. The summed E-state index contributed by atoms with van der Waals surface area (Å²) in [4.78, 5) is 10.8. The highest BCUT2D eigenvalue weighted by Crippen LogP contribution is 2.27. The lowest BCUT2D eigenvalue weighted by atomic mass is 10.2. The highest BCUT2D eigenvalue weighted by Gasteiger charge is 2.28. The van der Waals surface area contributed by atoms with Crippen LogP contribution in [0.5, 0.6) is 5.75 Å². The zero-order valence-corrected chi connectivity index (χ0v) is 12.2. The molecule has 0 aliphatic carbocycles. The van der Waals surface area contributed by atoms with Crippen LogP contribution in [0.25, 0.3) is 0 Å². The Morgan fingerprint density at radius 2 is 2.15 bits per heavy atom. The van der Waals surface area contributed by atoms with Crippen LogP contribution in [0, 0.1) is 6.92 Å². The van der Waals surface area contributed by atoms with Gasteiger partial charge in [-0.1, -0.05) is 12.1 Å². The van der Waals surface area contributed by atoms with Crippen molar-refractivity contribution in [3.05, 3.63) is 36.4 Å². The van der Waals surface area contributed by atoms with Gasteiger partial charge in [0, 0.05) is 6.54 Å². The molecule has 0 fully saturated rings. The standard InChI is InChI=1S/C13H17NO5S/c1-4-7-14(9-13(15)16)20(17,18)12-8-10(2)5-6-11(12)19-3/h4-6,8H,1,7,9H2,2-3H3,(H,15,16). The van der Waals surface area contributed by atoms with E-state index in [1.165, 1.54) is 25.3 Å². The molecule has 1 rings (SSSR count). The van der Waals surface area contributed by atoms with Crippen molar-refractivity contribution in [3.63, 3.8) is 0 Å². The summed E-state index contributed by atoms with van der Waals surface area (Å²) in [5.41, 5.74) is 0.734. The van der Waals surface area contributed by atoms with Crippen LogP contribution in [-0.4, -0.2) is 44.0 Å². The lowest BCUT2D eigenvalue weighted by Gasteiger charge is -2.20. The first-order chi connectivity index (χ1) is 9.32. The number of methoxy groups -OCH3 is 1. The second-order valence-corrected chi connectivity index (χ2v) is 6.04. The van der Waals surface area contributed by atoms with Crippen molar-refractivity contribution in [2.75, 3.05) is 20.2 Å². The van der Waals surface area contributed by atoms with E-state index >= 15 is 0 Å². The number of nitrogens with zero attached hydrogens (tertiary/aromatic N) is 1. The number of sulfonamides is 1. The van der Waals surface area contributed by atoms with Crippen molar-refractivity contribution in [1.29, 1.82) is 0 Å². The molecular weight excluding hydrogens is 282 g/mol. The Labute approximate surface area is 118 Å². The third-order valence-electron chi connectivity index (χ3n) is 2.58. The van der Waals surface area contributed by atoms with Crippen LogP contribution in [-0.2, 0) is 14.8 Å². The van der Waals surface area contributed by atoms with Gasteiger partial charge in [0.25, 0.3) is 0 Å². The molecule has 0 aliphatic rings. The summed E-state index contributed by atoms with van der Waals surface area (Å²) in [5, 5.41) is 8.83. The monoisotopic (exact) mass is 299 g/mol. The number of aliphatic carboxylic acids is 1. The molecule has 1 aromatic rings. The van der Waals surface area contributed by atoms with E-state index in [1.807, 2.05) is 0 Å². The molecule has 110 valence electrons. The Hall–Kier alpha value is -1.86. The maximum absolute atomic E-state index is 12.5. The predicted molar refractivity (Wildman–Crippen MR) is 74.3 cm³/mol. The molecule has 0 heterocycles. The molecule has 6 nitrogen and oxygen atoms in total. The molecule has 7 heteroatoms. The summed E-state index contributed by atoms with van der Waals surface area (Å²) in [6.07, 6.45) is 1.34. The molecule has 0 aromatic heterocycles. The number of hydrogen-bond donors (Lipinski definition) is 1. The van der Waals surface area contributed by atoms with Gasteiger partial charge < -0.3 is 9.84 Å². The van der Waals surface area contributed by atoms with Gasteiger partial charge in [0.15, 0.2) is 0 Å². The van der Waals surface area contributed by atoms with Gasteiger partial charge in [-0.15, -0.1) is 6.58 Å². The van der Waals surface area contributed by atoms with Gasteiger partial charge in [0.1, 0.15) is 17.2 Å². The number of carboxylic acid groups (broad SMARTS) is 1. The fourth-order valence-corrected chi connectivity index (χ4v) is 3.27. The van der Waals surface area contributed by atoms with Gasteiger partial charge >= 0.3 is 5.97 Å². The average molecular weight is 299 g/mol. The zero-order valence-electron chi connectivity index (χ0n) is 11.4. The van der Waals surface area contributed by atoms with Crippen LogP contribution in [0.15, 0.2) is 35.7 Å². The molecule has 0 radical (unpaired) electrons. The lowest BCUT2D eigenvalue weighted by Crippen LogP contribution is -2.36. The fourth-order valence-electron chi connectivity index (χ4n) is 1.67. The van der Waals surface area contributed by atoms with E-state index in [-0.39, 0.29) is 17.2 Å². The summed E-state index contributed by atoms with van der Waals surface area (Å²) in [6, 6.07) is 4.70. The molecule has 1 aromatic carbocycles. The van der Waals surface area contributed by atoms with Gasteiger partial charge in [-0.05, 0) is 24.6 Å². The van der Waals surface area contributed by atoms with E-state index in [9.17, 15) is 13.2 Å². The largest absolute Gasteiger partial charge is 0.495 e. The van der Waals surface area contributed by atoms with E-state index in [4.69, 9.17) is 9.84 Å². The normalized spacial score (nSPS) is 11.3. The Morgan fingerprint density at radius 1 is 1.50 bits per heavy atom. The Bertz CT molecular complexity index is 609.